The SMILES string of the molecule is C1=CS(=C2CCC=CS2)C=CC1. The van der Waals surface area contributed by atoms with Gasteiger partial charge in [0.25, 0.3) is 0 Å². The average Bonchev–Trinajstić information content (AvgIpc) is 2.21. The van der Waals surface area contributed by atoms with Gasteiger partial charge in [0.05, 0.1) is 0 Å². The maximum atomic E-state index is 2.35. The molecular weight excluding hydrogens is 184 g/mol. The molecule has 0 unspecified atom stereocenters. The largest absolute Gasteiger partial charge is 0.129 e. The van der Waals surface area contributed by atoms with Crippen LogP contribution in [0.2, 0.25) is 0 Å². The van der Waals surface area contributed by atoms with Gasteiger partial charge in [0.15, 0.2) is 0 Å². The lowest BCUT2D eigenvalue weighted by molar-refractivity contribution is 1.12. The molecule has 0 fully saturated rings. The van der Waals surface area contributed by atoms with Crippen molar-refractivity contribution in [2.75, 3.05) is 0 Å². The van der Waals surface area contributed by atoms with Crippen molar-refractivity contribution in [1.29, 1.82) is 0 Å². The van der Waals surface area contributed by atoms with Crippen molar-refractivity contribution in [2.24, 2.45) is 0 Å². The van der Waals surface area contributed by atoms with Gasteiger partial charge in [-0.25, -0.2) is 0 Å². The molecule has 0 aromatic heterocycles. The number of allylic oxidation sites excluding steroid dienone is 3. The standard InChI is InChI=1S/C10H12S2/c1-4-8-12(9-5-1)10-6-2-3-7-11-10/h3-5,7-9H,1-2,6H2. The van der Waals surface area contributed by atoms with E-state index < -0.39 is 0 Å². The lowest BCUT2D eigenvalue weighted by atomic mass is 10.3. The van der Waals surface area contributed by atoms with E-state index in [-0.39, 0.29) is 0 Å². The van der Waals surface area contributed by atoms with Gasteiger partial charge in [-0.3, -0.25) is 0 Å². The summed E-state index contributed by atoms with van der Waals surface area (Å²) in [7, 11) is 0.336. The maximum absolute atomic E-state index is 2.35. The van der Waals surface area contributed by atoms with E-state index in [1.54, 1.807) is 4.20 Å². The molecule has 0 bridgehead atoms. The Hall–Kier alpha value is -0.210. The van der Waals surface area contributed by atoms with Gasteiger partial charge in [0, 0.05) is 4.20 Å². The van der Waals surface area contributed by atoms with E-state index >= 15 is 0 Å². The van der Waals surface area contributed by atoms with Crippen molar-refractivity contribution in [3.05, 3.63) is 34.5 Å². The zero-order chi connectivity index (χ0) is 8.23. The molecular formula is C10H12S2. The normalized spacial score (nSPS) is 23.5. The van der Waals surface area contributed by atoms with E-state index in [2.05, 4.69) is 34.5 Å². The van der Waals surface area contributed by atoms with Crippen LogP contribution in [-0.4, -0.2) is 4.20 Å². The average molecular weight is 196 g/mol. The van der Waals surface area contributed by atoms with Gasteiger partial charge in [-0.05, 0) is 35.5 Å². The maximum Gasteiger partial charge on any atom is 0.0205 e. The Morgan fingerprint density at radius 2 is 2.00 bits per heavy atom. The van der Waals surface area contributed by atoms with Crippen molar-refractivity contribution in [3.8, 4) is 0 Å². The highest BCUT2D eigenvalue weighted by molar-refractivity contribution is 8.37. The van der Waals surface area contributed by atoms with Crippen LogP contribution in [-0.2, 0) is 0 Å². The molecule has 2 heterocycles. The van der Waals surface area contributed by atoms with Crippen molar-refractivity contribution in [1.82, 2.24) is 0 Å². The summed E-state index contributed by atoms with van der Waals surface area (Å²) in [5.74, 6) is 0. The van der Waals surface area contributed by atoms with Gasteiger partial charge in [-0.15, -0.1) is 10.5 Å². The molecule has 12 heavy (non-hydrogen) atoms. The molecule has 2 aliphatic heterocycles. The molecule has 0 aliphatic carbocycles. The molecule has 2 rings (SSSR count). The fraction of sp³-hybridized carbons (Fsp3) is 0.300. The van der Waals surface area contributed by atoms with Crippen LogP contribution in [0.1, 0.15) is 19.3 Å². The Morgan fingerprint density at radius 1 is 1.17 bits per heavy atom. The summed E-state index contributed by atoms with van der Waals surface area (Å²) < 4.78 is 1.63. The minimum absolute atomic E-state index is 0.336. The Kier molecular flexibility index (Phi) is 2.90. The molecule has 0 saturated carbocycles. The highest BCUT2D eigenvalue weighted by Crippen LogP contribution is 2.32. The monoisotopic (exact) mass is 196 g/mol. The first-order valence-electron chi connectivity index (χ1n) is 4.19. The summed E-state index contributed by atoms with van der Waals surface area (Å²) >= 11 is 1.92. The smallest absolute Gasteiger partial charge is 0.0205 e. The Labute approximate surface area is 80.4 Å². The third kappa shape index (κ3) is 1.93. The third-order valence-electron chi connectivity index (χ3n) is 1.83. The molecule has 0 atom stereocenters. The summed E-state index contributed by atoms with van der Waals surface area (Å²) in [5.41, 5.74) is 0. The van der Waals surface area contributed by atoms with E-state index in [1.807, 2.05) is 11.8 Å². The van der Waals surface area contributed by atoms with Gasteiger partial charge in [-0.1, -0.05) is 30.0 Å². The molecule has 2 heteroatoms. The minimum Gasteiger partial charge on any atom is -0.129 e. The molecule has 2 aliphatic rings. The lowest BCUT2D eigenvalue weighted by Crippen LogP contribution is -1.93. The van der Waals surface area contributed by atoms with Crippen LogP contribution in [0.5, 0.6) is 0 Å². The first-order valence-corrected chi connectivity index (χ1v) is 6.42. The Bertz CT molecular complexity index is 268. The van der Waals surface area contributed by atoms with Gasteiger partial charge in [0.1, 0.15) is 0 Å². The number of hydrogen-bond donors (Lipinski definition) is 0. The molecule has 0 amide bonds. The summed E-state index contributed by atoms with van der Waals surface area (Å²) in [4.78, 5) is 0. The van der Waals surface area contributed by atoms with Crippen LogP contribution in [0.4, 0.5) is 0 Å². The first-order chi connectivity index (χ1) is 5.97. The Balaban J connectivity index is 2.22. The van der Waals surface area contributed by atoms with Crippen LogP contribution in [0.15, 0.2) is 34.5 Å². The molecule has 0 spiro atoms. The van der Waals surface area contributed by atoms with Gasteiger partial charge >= 0.3 is 0 Å². The summed E-state index contributed by atoms with van der Waals surface area (Å²) in [6, 6.07) is 0. The number of rotatable bonds is 0. The van der Waals surface area contributed by atoms with Crippen LogP contribution in [0, 0.1) is 0 Å². The van der Waals surface area contributed by atoms with Crippen molar-refractivity contribution >= 4 is 26.4 Å². The second kappa shape index (κ2) is 4.15. The lowest BCUT2D eigenvalue weighted by Gasteiger charge is -2.12. The van der Waals surface area contributed by atoms with E-state index in [1.165, 1.54) is 12.8 Å². The van der Waals surface area contributed by atoms with E-state index in [4.69, 9.17) is 0 Å². The second-order valence-corrected chi connectivity index (χ2v) is 5.79. The van der Waals surface area contributed by atoms with Gasteiger partial charge in [0.2, 0.25) is 0 Å². The predicted molar refractivity (Wildman–Crippen MR) is 61.5 cm³/mol. The minimum atomic E-state index is 0.336. The molecule has 0 aromatic carbocycles. The summed E-state index contributed by atoms with van der Waals surface area (Å²) in [5, 5.41) is 6.92. The van der Waals surface area contributed by atoms with Crippen LogP contribution >= 0.6 is 22.2 Å². The second-order valence-electron chi connectivity index (χ2n) is 2.75. The van der Waals surface area contributed by atoms with Crippen LogP contribution < -0.4 is 0 Å². The topological polar surface area (TPSA) is 0 Å². The highest BCUT2D eigenvalue weighted by Gasteiger charge is 2.04. The summed E-state index contributed by atoms with van der Waals surface area (Å²) in [6.07, 6.45) is 10.4. The fourth-order valence-corrected chi connectivity index (χ4v) is 4.17. The molecule has 0 aromatic rings. The third-order valence-corrected chi connectivity index (χ3v) is 5.19. The Morgan fingerprint density at radius 3 is 2.67 bits per heavy atom. The summed E-state index contributed by atoms with van der Waals surface area (Å²) in [6.45, 7) is 0. The van der Waals surface area contributed by atoms with Gasteiger partial charge < -0.3 is 0 Å². The fourth-order valence-electron chi connectivity index (χ4n) is 1.22. The predicted octanol–water partition coefficient (Wildman–Crippen LogP) is 3.86. The molecule has 0 N–H and O–H groups in total. The van der Waals surface area contributed by atoms with E-state index in [0.29, 0.717) is 10.5 Å². The van der Waals surface area contributed by atoms with Crippen LogP contribution in [0.3, 0.4) is 0 Å². The van der Waals surface area contributed by atoms with E-state index in [0.717, 1.165) is 6.42 Å². The van der Waals surface area contributed by atoms with Gasteiger partial charge in [-0.2, -0.15) is 0 Å². The molecule has 0 saturated heterocycles. The molecule has 0 nitrogen and oxygen atoms in total. The number of hydrogen-bond acceptors (Lipinski definition) is 1. The molecule has 0 radical (unpaired) electrons. The number of thioether (sulfide) groups is 1. The van der Waals surface area contributed by atoms with Crippen molar-refractivity contribution in [3.63, 3.8) is 0 Å². The van der Waals surface area contributed by atoms with Crippen molar-refractivity contribution in [2.45, 2.75) is 19.3 Å². The van der Waals surface area contributed by atoms with Crippen molar-refractivity contribution < 1.29 is 0 Å². The first kappa shape index (κ1) is 8.39. The zero-order valence-electron chi connectivity index (χ0n) is 6.90. The van der Waals surface area contributed by atoms with E-state index in [9.17, 15) is 0 Å². The van der Waals surface area contributed by atoms with Crippen LogP contribution in [0.25, 0.3) is 0 Å². The quantitative estimate of drug-likeness (QED) is 0.530. The zero-order valence-corrected chi connectivity index (χ0v) is 8.53. The molecule has 64 valence electrons. The highest BCUT2D eigenvalue weighted by atomic mass is 32.2.